The molecule has 0 aliphatic carbocycles. The lowest BCUT2D eigenvalue weighted by Crippen LogP contribution is -2.43. The molecule has 0 saturated carbocycles. The molecule has 2 aromatic rings. The number of nitrogens with zero attached hydrogens (tertiary/aromatic N) is 1. The van der Waals surface area contributed by atoms with Crippen LogP contribution in [0.4, 0.5) is 0 Å². The summed E-state index contributed by atoms with van der Waals surface area (Å²) in [6.45, 7) is 8.94. The van der Waals surface area contributed by atoms with Crippen LogP contribution in [0.3, 0.4) is 0 Å². The van der Waals surface area contributed by atoms with Gasteiger partial charge in [0.1, 0.15) is 0 Å². The van der Waals surface area contributed by atoms with Crippen molar-refractivity contribution in [3.8, 4) is 0 Å². The van der Waals surface area contributed by atoms with Crippen molar-refractivity contribution in [1.82, 2.24) is 9.62 Å². The molecular weight excluding hydrogens is 432 g/mol. The number of carbonyl (C=O) groups is 1. The smallest absolute Gasteiger partial charge is 0.223 e. The second kappa shape index (κ2) is 9.72. The first-order valence-corrected chi connectivity index (χ1v) is 12.7. The summed E-state index contributed by atoms with van der Waals surface area (Å²) in [5.41, 5.74) is 5.41. The fourth-order valence-corrected chi connectivity index (χ4v) is 5.95. The third kappa shape index (κ3) is 5.88. The maximum absolute atomic E-state index is 12.8. The Morgan fingerprint density at radius 2 is 1.74 bits per heavy atom. The Morgan fingerprint density at radius 1 is 1.10 bits per heavy atom. The Balaban J connectivity index is 1.57. The van der Waals surface area contributed by atoms with E-state index in [1.54, 1.807) is 24.3 Å². The Morgan fingerprint density at radius 3 is 2.39 bits per heavy atom. The number of carbonyl (C=O) groups excluding carboxylic acids is 1. The third-order valence-electron chi connectivity index (χ3n) is 6.16. The molecule has 1 fully saturated rings. The second-order valence-electron chi connectivity index (χ2n) is 8.58. The number of halogens is 1. The highest BCUT2D eigenvalue weighted by molar-refractivity contribution is 7.88. The predicted octanol–water partition coefficient (Wildman–Crippen LogP) is 4.68. The summed E-state index contributed by atoms with van der Waals surface area (Å²) in [6, 6.07) is 11.1. The molecular formula is C24H31ClN2O3S. The molecule has 31 heavy (non-hydrogen) atoms. The SMILES string of the molecule is Cc1cc(C)c(C(C)NC(=O)C2CCN(S(=O)(=O)Cc3cccc(Cl)c3)CC2)cc1C. The number of hydrogen-bond donors (Lipinski definition) is 1. The van der Waals surface area contributed by atoms with Crippen LogP contribution in [0.5, 0.6) is 0 Å². The van der Waals surface area contributed by atoms with Crippen LogP contribution in [0.15, 0.2) is 36.4 Å². The van der Waals surface area contributed by atoms with Crippen LogP contribution >= 0.6 is 11.6 Å². The molecule has 1 aliphatic heterocycles. The maximum atomic E-state index is 12.8. The minimum Gasteiger partial charge on any atom is -0.349 e. The van der Waals surface area contributed by atoms with Gasteiger partial charge >= 0.3 is 0 Å². The first-order chi connectivity index (χ1) is 14.6. The van der Waals surface area contributed by atoms with Gasteiger partial charge in [-0.1, -0.05) is 35.9 Å². The Hall–Kier alpha value is -1.89. The molecule has 0 aromatic heterocycles. The van der Waals surface area contributed by atoms with Crippen molar-refractivity contribution in [3.63, 3.8) is 0 Å². The minimum absolute atomic E-state index is 0.00276. The van der Waals surface area contributed by atoms with Crippen LogP contribution in [-0.4, -0.2) is 31.7 Å². The molecule has 1 unspecified atom stereocenters. The quantitative estimate of drug-likeness (QED) is 0.677. The van der Waals surface area contributed by atoms with Gasteiger partial charge in [-0.3, -0.25) is 4.79 Å². The van der Waals surface area contributed by atoms with E-state index in [4.69, 9.17) is 11.6 Å². The number of sulfonamides is 1. The van der Waals surface area contributed by atoms with Gasteiger partial charge in [-0.25, -0.2) is 12.7 Å². The molecule has 1 amide bonds. The maximum Gasteiger partial charge on any atom is 0.223 e. The molecule has 2 aromatic carbocycles. The first kappa shape index (κ1) is 23.8. The van der Waals surface area contributed by atoms with Crippen molar-refractivity contribution in [2.24, 2.45) is 5.92 Å². The largest absolute Gasteiger partial charge is 0.349 e. The highest BCUT2D eigenvalue weighted by Gasteiger charge is 2.31. The van der Waals surface area contributed by atoms with Gasteiger partial charge in [0.15, 0.2) is 0 Å². The van der Waals surface area contributed by atoms with Gasteiger partial charge in [0, 0.05) is 24.0 Å². The summed E-state index contributed by atoms with van der Waals surface area (Å²) in [5, 5.41) is 3.66. The lowest BCUT2D eigenvalue weighted by Gasteiger charge is -2.31. The fourth-order valence-electron chi connectivity index (χ4n) is 4.18. The fraction of sp³-hybridized carbons (Fsp3) is 0.458. The molecule has 1 heterocycles. The summed E-state index contributed by atoms with van der Waals surface area (Å²) in [6.07, 6.45) is 1.05. The van der Waals surface area contributed by atoms with Gasteiger partial charge < -0.3 is 5.32 Å². The predicted molar refractivity (Wildman–Crippen MR) is 126 cm³/mol. The van der Waals surface area contributed by atoms with Crippen molar-refractivity contribution in [2.75, 3.05) is 13.1 Å². The summed E-state index contributed by atoms with van der Waals surface area (Å²) < 4.78 is 27.1. The summed E-state index contributed by atoms with van der Waals surface area (Å²) >= 11 is 5.97. The van der Waals surface area contributed by atoms with E-state index in [0.717, 1.165) is 11.1 Å². The van der Waals surface area contributed by atoms with Gasteiger partial charge in [-0.15, -0.1) is 0 Å². The third-order valence-corrected chi connectivity index (χ3v) is 8.25. The average molecular weight is 463 g/mol. The zero-order chi connectivity index (χ0) is 22.8. The molecule has 0 radical (unpaired) electrons. The van der Waals surface area contributed by atoms with Crippen molar-refractivity contribution >= 4 is 27.5 Å². The molecule has 0 bridgehead atoms. The highest BCUT2D eigenvalue weighted by atomic mass is 35.5. The number of piperidine rings is 1. The van der Waals surface area contributed by atoms with E-state index in [1.165, 1.54) is 15.4 Å². The van der Waals surface area contributed by atoms with Crippen molar-refractivity contribution in [1.29, 1.82) is 0 Å². The first-order valence-electron chi connectivity index (χ1n) is 10.7. The number of rotatable bonds is 6. The Labute approximate surface area is 190 Å². The zero-order valence-electron chi connectivity index (χ0n) is 18.6. The van der Waals surface area contributed by atoms with Crippen LogP contribution in [0.2, 0.25) is 5.02 Å². The van der Waals surface area contributed by atoms with Crippen LogP contribution < -0.4 is 5.32 Å². The van der Waals surface area contributed by atoms with Crippen LogP contribution in [0.25, 0.3) is 0 Å². The standard InChI is InChI=1S/C24H31ClN2O3S/c1-16-12-18(3)23(13-17(16)2)19(4)26-24(28)21-8-10-27(11-9-21)31(29,30)15-20-6-5-7-22(25)14-20/h5-7,12-14,19,21H,8-11,15H2,1-4H3,(H,26,28). The molecule has 1 saturated heterocycles. The highest BCUT2D eigenvalue weighted by Crippen LogP contribution is 2.25. The molecule has 1 N–H and O–H groups in total. The molecule has 1 aliphatic rings. The normalized spacial score (nSPS) is 16.8. The number of benzene rings is 2. The van der Waals surface area contributed by atoms with Gasteiger partial charge in [-0.2, -0.15) is 0 Å². The monoisotopic (exact) mass is 462 g/mol. The van der Waals surface area contributed by atoms with Gasteiger partial charge in [0.05, 0.1) is 11.8 Å². The lowest BCUT2D eigenvalue weighted by molar-refractivity contribution is -0.126. The number of nitrogens with one attached hydrogen (secondary N) is 1. The molecule has 5 nitrogen and oxygen atoms in total. The zero-order valence-corrected chi connectivity index (χ0v) is 20.2. The lowest BCUT2D eigenvalue weighted by atomic mass is 9.94. The van der Waals surface area contributed by atoms with E-state index in [-0.39, 0.29) is 23.6 Å². The number of amides is 1. The molecule has 168 valence electrons. The topological polar surface area (TPSA) is 66.5 Å². The Kier molecular flexibility index (Phi) is 7.45. The van der Waals surface area contributed by atoms with E-state index >= 15 is 0 Å². The van der Waals surface area contributed by atoms with Crippen molar-refractivity contribution < 1.29 is 13.2 Å². The van der Waals surface area contributed by atoms with E-state index < -0.39 is 10.0 Å². The van der Waals surface area contributed by atoms with Gasteiger partial charge in [0.2, 0.25) is 15.9 Å². The number of aryl methyl sites for hydroxylation is 3. The molecule has 1 atom stereocenters. The summed E-state index contributed by atoms with van der Waals surface area (Å²) in [7, 11) is -3.44. The molecule has 3 rings (SSSR count). The van der Waals surface area contributed by atoms with Gasteiger partial charge in [0.25, 0.3) is 0 Å². The van der Waals surface area contributed by atoms with Crippen LogP contribution in [0, 0.1) is 26.7 Å². The van der Waals surface area contributed by atoms with E-state index in [9.17, 15) is 13.2 Å². The van der Waals surface area contributed by atoms with E-state index in [2.05, 4.69) is 38.2 Å². The summed E-state index contributed by atoms with van der Waals surface area (Å²) in [4.78, 5) is 12.8. The summed E-state index contributed by atoms with van der Waals surface area (Å²) in [5.74, 6) is -0.253. The average Bonchev–Trinajstić information content (AvgIpc) is 2.70. The second-order valence-corrected chi connectivity index (χ2v) is 11.0. The molecule has 0 spiro atoms. The van der Waals surface area contributed by atoms with Crippen LogP contribution in [0.1, 0.15) is 53.6 Å². The Bertz CT molecular complexity index is 1060. The van der Waals surface area contributed by atoms with E-state index in [1.807, 2.05) is 6.92 Å². The molecule has 7 heteroatoms. The van der Waals surface area contributed by atoms with Crippen molar-refractivity contribution in [3.05, 3.63) is 69.2 Å². The minimum atomic E-state index is -3.44. The van der Waals surface area contributed by atoms with Gasteiger partial charge in [-0.05, 0) is 80.5 Å². The van der Waals surface area contributed by atoms with E-state index in [0.29, 0.717) is 36.5 Å². The number of hydrogen-bond acceptors (Lipinski definition) is 3. The van der Waals surface area contributed by atoms with Crippen LogP contribution in [-0.2, 0) is 20.6 Å². The van der Waals surface area contributed by atoms with Crippen molar-refractivity contribution in [2.45, 2.75) is 52.3 Å².